The topological polar surface area (TPSA) is 32.3 Å². The van der Waals surface area contributed by atoms with Crippen LogP contribution in [0.25, 0.3) is 0 Å². The van der Waals surface area contributed by atoms with E-state index in [4.69, 9.17) is 23.2 Å². The fourth-order valence-corrected chi connectivity index (χ4v) is 3.29. The van der Waals surface area contributed by atoms with Crippen LogP contribution in [-0.4, -0.2) is 5.11 Å². The number of aryl methyl sites for hydroxylation is 1. The lowest BCUT2D eigenvalue weighted by Crippen LogP contribution is -2.18. The third-order valence-corrected chi connectivity index (χ3v) is 4.29. The molecule has 0 aromatic heterocycles. The number of benzene rings is 2. The van der Waals surface area contributed by atoms with Crippen LogP contribution in [-0.2, 0) is 13.0 Å². The van der Waals surface area contributed by atoms with Gasteiger partial charge in [-0.05, 0) is 36.1 Å². The molecule has 2 aromatic carbocycles. The van der Waals surface area contributed by atoms with Gasteiger partial charge in [0, 0.05) is 23.2 Å². The molecule has 2 N–H and O–H groups in total. The minimum Gasteiger partial charge on any atom is -0.506 e. The lowest BCUT2D eigenvalue weighted by molar-refractivity contribution is 0.457. The van der Waals surface area contributed by atoms with Gasteiger partial charge in [0.1, 0.15) is 5.75 Å². The maximum atomic E-state index is 9.96. The lowest BCUT2D eigenvalue weighted by Gasteiger charge is -2.15. The molecule has 2 aromatic rings. The van der Waals surface area contributed by atoms with Gasteiger partial charge in [0.2, 0.25) is 0 Å². The van der Waals surface area contributed by atoms with Crippen molar-refractivity contribution >= 4 is 23.2 Å². The van der Waals surface area contributed by atoms with Crippen LogP contribution in [0.2, 0.25) is 10.0 Å². The largest absolute Gasteiger partial charge is 0.506 e. The van der Waals surface area contributed by atoms with Crippen LogP contribution in [0, 0.1) is 0 Å². The second kappa shape index (κ2) is 5.65. The Kier molecular flexibility index (Phi) is 3.88. The van der Waals surface area contributed by atoms with Crippen molar-refractivity contribution in [2.75, 3.05) is 0 Å². The number of aromatic hydroxyl groups is 1. The van der Waals surface area contributed by atoms with Crippen molar-refractivity contribution in [1.82, 2.24) is 5.32 Å². The average molecular weight is 308 g/mol. The molecule has 0 amide bonds. The van der Waals surface area contributed by atoms with Crippen LogP contribution in [0.1, 0.15) is 29.2 Å². The first-order valence-electron chi connectivity index (χ1n) is 6.63. The molecule has 1 aliphatic carbocycles. The summed E-state index contributed by atoms with van der Waals surface area (Å²) in [7, 11) is 0. The third kappa shape index (κ3) is 2.64. The number of nitrogens with one attached hydrogen (secondary N) is 1. The van der Waals surface area contributed by atoms with Crippen LogP contribution in [0.3, 0.4) is 0 Å². The van der Waals surface area contributed by atoms with Gasteiger partial charge in [-0.2, -0.15) is 0 Å². The standard InChI is InChI=1S/C16H15Cl2NO/c17-12-7-11(16(20)14(18)8-12)9-19-15-6-5-10-3-1-2-4-13(10)15/h1-4,7-8,15,19-20H,5-6,9H2. The molecule has 2 nitrogen and oxygen atoms in total. The molecule has 1 aliphatic rings. The summed E-state index contributed by atoms with van der Waals surface area (Å²) >= 11 is 11.9. The fraction of sp³-hybridized carbons (Fsp3) is 0.250. The van der Waals surface area contributed by atoms with Crippen LogP contribution < -0.4 is 5.32 Å². The number of phenolic OH excluding ortho intramolecular Hbond substituents is 1. The Labute approximate surface area is 128 Å². The highest BCUT2D eigenvalue weighted by Gasteiger charge is 2.21. The highest BCUT2D eigenvalue weighted by atomic mass is 35.5. The molecule has 0 fully saturated rings. The van der Waals surface area contributed by atoms with Crippen LogP contribution in [0.4, 0.5) is 0 Å². The predicted molar refractivity (Wildman–Crippen MR) is 82.5 cm³/mol. The number of fused-ring (bicyclic) bond motifs is 1. The zero-order valence-corrected chi connectivity index (χ0v) is 12.4. The summed E-state index contributed by atoms with van der Waals surface area (Å²) in [5, 5.41) is 14.3. The van der Waals surface area contributed by atoms with Gasteiger partial charge in [-0.15, -0.1) is 0 Å². The van der Waals surface area contributed by atoms with Gasteiger partial charge < -0.3 is 10.4 Å². The fourth-order valence-electron chi connectivity index (χ4n) is 2.76. The van der Waals surface area contributed by atoms with E-state index < -0.39 is 0 Å². The van der Waals surface area contributed by atoms with Gasteiger partial charge in [-0.3, -0.25) is 0 Å². The summed E-state index contributed by atoms with van der Waals surface area (Å²) < 4.78 is 0. The predicted octanol–water partition coefficient (Wildman–Crippen LogP) is 4.48. The van der Waals surface area contributed by atoms with Gasteiger partial charge in [0.25, 0.3) is 0 Å². The number of rotatable bonds is 3. The number of phenols is 1. The molecule has 4 heteroatoms. The molecule has 0 saturated heterocycles. The Hall–Kier alpha value is -1.22. The lowest BCUT2D eigenvalue weighted by atomic mass is 10.1. The first-order valence-corrected chi connectivity index (χ1v) is 7.39. The quantitative estimate of drug-likeness (QED) is 0.876. The molecule has 20 heavy (non-hydrogen) atoms. The molecule has 0 aliphatic heterocycles. The number of hydrogen-bond donors (Lipinski definition) is 2. The van der Waals surface area contributed by atoms with Crippen molar-refractivity contribution in [2.45, 2.75) is 25.4 Å². The normalized spacial score (nSPS) is 17.2. The summed E-state index contributed by atoms with van der Waals surface area (Å²) in [6.45, 7) is 0.547. The van der Waals surface area contributed by atoms with Crippen LogP contribution in [0.5, 0.6) is 5.75 Å². The van der Waals surface area contributed by atoms with Crippen LogP contribution in [0.15, 0.2) is 36.4 Å². The smallest absolute Gasteiger partial charge is 0.138 e. The monoisotopic (exact) mass is 307 g/mol. The maximum Gasteiger partial charge on any atom is 0.138 e. The Balaban J connectivity index is 1.75. The van der Waals surface area contributed by atoms with E-state index in [1.807, 2.05) is 0 Å². The third-order valence-electron chi connectivity index (χ3n) is 3.78. The van der Waals surface area contributed by atoms with E-state index in [1.54, 1.807) is 12.1 Å². The summed E-state index contributed by atoms with van der Waals surface area (Å²) in [4.78, 5) is 0. The Morgan fingerprint density at radius 3 is 2.85 bits per heavy atom. The summed E-state index contributed by atoms with van der Waals surface area (Å²) in [6, 6.07) is 12.1. The molecule has 0 bridgehead atoms. The van der Waals surface area contributed by atoms with Gasteiger partial charge >= 0.3 is 0 Å². The van der Waals surface area contributed by atoms with Gasteiger partial charge in [0.05, 0.1) is 5.02 Å². The molecule has 3 rings (SSSR count). The number of hydrogen-bond acceptors (Lipinski definition) is 2. The van der Waals surface area contributed by atoms with Crippen molar-refractivity contribution in [2.24, 2.45) is 0 Å². The molecular formula is C16H15Cl2NO. The minimum absolute atomic E-state index is 0.106. The van der Waals surface area contributed by atoms with Gasteiger partial charge in [-0.25, -0.2) is 0 Å². The van der Waals surface area contributed by atoms with Gasteiger partial charge in [-0.1, -0.05) is 47.5 Å². The Bertz CT molecular complexity index is 642. The van der Waals surface area contributed by atoms with E-state index in [2.05, 4.69) is 29.6 Å². The average Bonchev–Trinajstić information content (AvgIpc) is 2.84. The zero-order chi connectivity index (χ0) is 14.1. The van der Waals surface area contributed by atoms with E-state index in [1.165, 1.54) is 11.1 Å². The highest BCUT2D eigenvalue weighted by molar-refractivity contribution is 6.35. The minimum atomic E-state index is 0.106. The molecule has 0 saturated carbocycles. The molecular weight excluding hydrogens is 293 g/mol. The van der Waals surface area contributed by atoms with Gasteiger partial charge in [0.15, 0.2) is 0 Å². The van der Waals surface area contributed by atoms with Crippen LogP contribution >= 0.6 is 23.2 Å². The van der Waals surface area contributed by atoms with E-state index in [0.29, 0.717) is 22.6 Å². The second-order valence-corrected chi connectivity index (χ2v) is 5.91. The van der Waals surface area contributed by atoms with E-state index in [9.17, 15) is 5.11 Å². The van der Waals surface area contributed by atoms with Crippen molar-refractivity contribution in [1.29, 1.82) is 0 Å². The summed E-state index contributed by atoms with van der Waals surface area (Å²) in [5.41, 5.74) is 3.48. The first kappa shape index (κ1) is 13.7. The number of halogens is 2. The Morgan fingerprint density at radius 1 is 1.20 bits per heavy atom. The molecule has 0 heterocycles. The zero-order valence-electron chi connectivity index (χ0n) is 10.9. The molecule has 1 unspecified atom stereocenters. The molecule has 0 radical (unpaired) electrons. The van der Waals surface area contributed by atoms with Crippen molar-refractivity contribution < 1.29 is 5.11 Å². The maximum absolute atomic E-state index is 9.96. The molecule has 0 spiro atoms. The van der Waals surface area contributed by atoms with Crippen molar-refractivity contribution in [3.63, 3.8) is 0 Å². The highest BCUT2D eigenvalue weighted by Crippen LogP contribution is 2.34. The second-order valence-electron chi connectivity index (χ2n) is 5.07. The Morgan fingerprint density at radius 2 is 2.00 bits per heavy atom. The molecule has 104 valence electrons. The van der Waals surface area contributed by atoms with E-state index >= 15 is 0 Å². The van der Waals surface area contributed by atoms with E-state index in [0.717, 1.165) is 18.4 Å². The van der Waals surface area contributed by atoms with E-state index in [-0.39, 0.29) is 5.75 Å². The first-order chi connectivity index (χ1) is 9.65. The summed E-state index contributed by atoms with van der Waals surface area (Å²) in [6.07, 6.45) is 2.17. The summed E-state index contributed by atoms with van der Waals surface area (Å²) in [5.74, 6) is 0.106. The van der Waals surface area contributed by atoms with Crippen molar-refractivity contribution in [3.05, 3.63) is 63.1 Å². The SMILES string of the molecule is Oc1c(Cl)cc(Cl)cc1CNC1CCc2ccccc21. The molecule has 1 atom stereocenters. The van der Waals surface area contributed by atoms with Crippen molar-refractivity contribution in [3.8, 4) is 5.75 Å².